The molecular formula is C6H11NO4S. The van der Waals surface area contributed by atoms with Gasteiger partial charge >= 0.3 is 5.97 Å². The predicted molar refractivity (Wildman–Crippen MR) is 42.2 cm³/mol. The van der Waals surface area contributed by atoms with Gasteiger partial charge in [-0.15, -0.1) is 0 Å². The third-order valence-corrected chi connectivity index (χ3v) is 4.56. The van der Waals surface area contributed by atoms with Crippen molar-refractivity contribution >= 4 is 15.8 Å². The Morgan fingerprint density at radius 2 is 2.25 bits per heavy atom. The molecule has 0 bridgehead atoms. The van der Waals surface area contributed by atoms with E-state index in [4.69, 9.17) is 5.73 Å². The predicted octanol–water partition coefficient (Wildman–Crippen LogP) is -1.33. The van der Waals surface area contributed by atoms with Gasteiger partial charge in [-0.2, -0.15) is 0 Å². The van der Waals surface area contributed by atoms with Crippen LogP contribution in [0.4, 0.5) is 0 Å². The van der Waals surface area contributed by atoms with E-state index in [-0.39, 0.29) is 6.54 Å². The number of hydrogen-bond acceptors (Lipinski definition) is 5. The minimum absolute atomic E-state index is 0.0792. The van der Waals surface area contributed by atoms with Crippen molar-refractivity contribution in [3.63, 3.8) is 0 Å². The van der Waals surface area contributed by atoms with Gasteiger partial charge in [0.15, 0.2) is 15.1 Å². The van der Waals surface area contributed by atoms with Gasteiger partial charge in [0.1, 0.15) is 0 Å². The minimum atomic E-state index is -3.32. The molecule has 1 aliphatic rings. The van der Waals surface area contributed by atoms with E-state index in [1.165, 1.54) is 7.11 Å². The van der Waals surface area contributed by atoms with Crippen LogP contribution in [-0.2, 0) is 19.4 Å². The molecule has 5 nitrogen and oxygen atoms in total. The third kappa shape index (κ3) is 1.21. The summed E-state index contributed by atoms with van der Waals surface area (Å²) in [7, 11) is -2.15. The van der Waals surface area contributed by atoms with Gasteiger partial charge in [-0.25, -0.2) is 8.42 Å². The lowest BCUT2D eigenvalue weighted by molar-refractivity contribution is -0.140. The van der Waals surface area contributed by atoms with Crippen LogP contribution in [0, 0.1) is 0 Å². The molecule has 6 heteroatoms. The summed E-state index contributed by atoms with van der Waals surface area (Å²) < 4.78 is 26.7. The van der Waals surface area contributed by atoms with Crippen LogP contribution >= 0.6 is 0 Å². The maximum absolute atomic E-state index is 11.2. The van der Waals surface area contributed by atoms with E-state index in [9.17, 15) is 13.2 Å². The smallest absolute Gasteiger partial charge is 0.324 e. The molecule has 0 aromatic carbocycles. The molecule has 0 aliphatic carbocycles. The highest BCUT2D eigenvalue weighted by atomic mass is 32.2. The summed E-state index contributed by atoms with van der Waals surface area (Å²) in [6.45, 7) is 0.0792. The highest BCUT2D eigenvalue weighted by Gasteiger charge is 2.50. The zero-order valence-electron chi connectivity index (χ0n) is 6.69. The van der Waals surface area contributed by atoms with Crippen LogP contribution in [0.25, 0.3) is 0 Å². The zero-order chi connectivity index (χ0) is 9.35. The number of sulfone groups is 1. The Kier molecular flexibility index (Phi) is 2.39. The molecular weight excluding hydrogens is 182 g/mol. The molecule has 1 rings (SSSR count). The monoisotopic (exact) mass is 193 g/mol. The van der Waals surface area contributed by atoms with Gasteiger partial charge in [0, 0.05) is 6.54 Å². The first-order chi connectivity index (χ1) is 5.54. The second-order valence-corrected chi connectivity index (χ2v) is 5.11. The summed E-state index contributed by atoms with van der Waals surface area (Å²) >= 11 is 0. The van der Waals surface area contributed by atoms with E-state index in [1.54, 1.807) is 0 Å². The van der Waals surface area contributed by atoms with Crippen LogP contribution in [0.3, 0.4) is 0 Å². The van der Waals surface area contributed by atoms with Crippen molar-refractivity contribution in [2.24, 2.45) is 5.73 Å². The lowest BCUT2D eigenvalue weighted by Crippen LogP contribution is -2.53. The number of ether oxygens (including phenoxy) is 1. The highest BCUT2D eigenvalue weighted by Crippen LogP contribution is 2.29. The summed E-state index contributed by atoms with van der Waals surface area (Å²) in [5, 5.41) is -1.53. The van der Waals surface area contributed by atoms with Crippen LogP contribution in [-0.4, -0.2) is 38.5 Å². The molecule has 0 aromatic heterocycles. The Morgan fingerprint density at radius 3 is 2.58 bits per heavy atom. The molecule has 0 aromatic rings. The zero-order valence-corrected chi connectivity index (χ0v) is 7.50. The number of carbonyl (C=O) groups is 1. The van der Waals surface area contributed by atoms with Gasteiger partial charge < -0.3 is 10.5 Å². The van der Waals surface area contributed by atoms with E-state index in [0.29, 0.717) is 6.42 Å². The first kappa shape index (κ1) is 9.47. The van der Waals surface area contributed by atoms with Crippen molar-refractivity contribution in [1.82, 2.24) is 0 Å². The Hall–Kier alpha value is -0.620. The summed E-state index contributed by atoms with van der Waals surface area (Å²) in [5.74, 6) is -0.681. The van der Waals surface area contributed by atoms with Crippen LogP contribution < -0.4 is 5.73 Å². The minimum Gasteiger partial charge on any atom is -0.468 e. The standard InChI is InChI=1S/C6H11NO4S/c1-11-6(8)5-2-4(3-7)12(5,9)10/h4-5H,2-3,7H2,1H3. The number of methoxy groups -OCH3 is 1. The lowest BCUT2D eigenvalue weighted by Gasteiger charge is -2.31. The molecule has 0 amide bonds. The van der Waals surface area contributed by atoms with E-state index >= 15 is 0 Å². The molecule has 2 N–H and O–H groups in total. The maximum atomic E-state index is 11.2. The summed E-state index contributed by atoms with van der Waals surface area (Å²) in [4.78, 5) is 10.8. The largest absolute Gasteiger partial charge is 0.468 e. The van der Waals surface area contributed by atoms with Crippen molar-refractivity contribution in [2.75, 3.05) is 13.7 Å². The number of nitrogens with two attached hydrogens (primary N) is 1. The first-order valence-corrected chi connectivity index (χ1v) is 5.15. The molecule has 12 heavy (non-hydrogen) atoms. The Bertz CT molecular complexity index is 284. The topological polar surface area (TPSA) is 86.5 Å². The van der Waals surface area contributed by atoms with E-state index in [0.717, 1.165) is 0 Å². The molecule has 0 spiro atoms. The molecule has 1 fully saturated rings. The van der Waals surface area contributed by atoms with Gasteiger partial charge in [-0.1, -0.05) is 0 Å². The molecule has 70 valence electrons. The van der Waals surface area contributed by atoms with Crippen LogP contribution in [0.1, 0.15) is 6.42 Å². The van der Waals surface area contributed by atoms with Gasteiger partial charge in [0.05, 0.1) is 12.4 Å². The molecule has 1 heterocycles. The second kappa shape index (κ2) is 3.02. The second-order valence-electron chi connectivity index (χ2n) is 2.69. The average molecular weight is 193 g/mol. The van der Waals surface area contributed by atoms with E-state index < -0.39 is 26.3 Å². The van der Waals surface area contributed by atoms with Crippen LogP contribution in [0.2, 0.25) is 0 Å². The normalized spacial score (nSPS) is 32.2. The van der Waals surface area contributed by atoms with Gasteiger partial charge in [0.25, 0.3) is 0 Å². The molecule has 2 atom stereocenters. The van der Waals surface area contributed by atoms with Crippen molar-refractivity contribution in [3.8, 4) is 0 Å². The summed E-state index contributed by atoms with van der Waals surface area (Å²) in [5.41, 5.74) is 5.18. The maximum Gasteiger partial charge on any atom is 0.324 e. The number of rotatable bonds is 2. The lowest BCUT2D eigenvalue weighted by atomic mass is 10.2. The molecule has 0 radical (unpaired) electrons. The SMILES string of the molecule is COC(=O)C1CC(CN)S1(=O)=O. The fraction of sp³-hybridized carbons (Fsp3) is 0.833. The molecule has 1 saturated heterocycles. The average Bonchev–Trinajstić information content (AvgIpc) is 2.03. The fourth-order valence-corrected chi connectivity index (χ4v) is 2.91. The van der Waals surface area contributed by atoms with E-state index in [2.05, 4.69) is 4.74 Å². The number of esters is 1. The number of hydrogen-bond donors (Lipinski definition) is 1. The quantitative estimate of drug-likeness (QED) is 0.549. The van der Waals surface area contributed by atoms with Crippen LogP contribution in [0.15, 0.2) is 0 Å². The Balaban J connectivity index is 2.73. The van der Waals surface area contributed by atoms with Crippen molar-refractivity contribution in [2.45, 2.75) is 16.9 Å². The van der Waals surface area contributed by atoms with Gasteiger partial charge in [-0.05, 0) is 6.42 Å². The molecule has 2 unspecified atom stereocenters. The molecule has 1 aliphatic heterocycles. The van der Waals surface area contributed by atoms with Crippen molar-refractivity contribution in [3.05, 3.63) is 0 Å². The summed E-state index contributed by atoms with van der Waals surface area (Å²) in [6, 6.07) is 0. The highest BCUT2D eigenvalue weighted by molar-refractivity contribution is 7.94. The number of carbonyl (C=O) groups excluding carboxylic acids is 1. The van der Waals surface area contributed by atoms with Crippen LogP contribution in [0.5, 0.6) is 0 Å². The Morgan fingerprint density at radius 1 is 1.67 bits per heavy atom. The van der Waals surface area contributed by atoms with Gasteiger partial charge in [0.2, 0.25) is 0 Å². The summed E-state index contributed by atoms with van der Waals surface area (Å²) in [6.07, 6.45) is 0.297. The third-order valence-electron chi connectivity index (χ3n) is 2.07. The van der Waals surface area contributed by atoms with Gasteiger partial charge in [-0.3, -0.25) is 4.79 Å². The Labute approximate surface area is 70.8 Å². The van der Waals surface area contributed by atoms with Crippen molar-refractivity contribution in [1.29, 1.82) is 0 Å². The van der Waals surface area contributed by atoms with E-state index in [1.807, 2.05) is 0 Å². The molecule has 0 saturated carbocycles. The first-order valence-electron chi connectivity index (χ1n) is 3.54. The van der Waals surface area contributed by atoms with Crippen molar-refractivity contribution < 1.29 is 17.9 Å². The fourth-order valence-electron chi connectivity index (χ4n) is 1.21.